The summed E-state index contributed by atoms with van der Waals surface area (Å²) in [4.78, 5) is 72.8. The first-order chi connectivity index (χ1) is 48.7. The van der Waals surface area contributed by atoms with Gasteiger partial charge in [0.1, 0.15) is 19.3 Å². The topological polar surface area (TPSA) is 237 Å². The molecule has 3 N–H and O–H groups in total. The average Bonchev–Trinajstić information content (AvgIpc) is 1.02. The summed E-state index contributed by atoms with van der Waals surface area (Å²) in [5.41, 5.74) is 0. The molecule has 0 radical (unpaired) electrons. The number of aliphatic hydroxyl groups is 1. The number of ether oxygens (including phenoxy) is 4. The average molecular weight is 1450 g/mol. The summed E-state index contributed by atoms with van der Waals surface area (Å²) < 4.78 is 68.4. The van der Waals surface area contributed by atoms with Crippen LogP contribution in [0.15, 0.2) is 122 Å². The van der Waals surface area contributed by atoms with Crippen LogP contribution in [-0.4, -0.2) is 96.7 Å². The molecule has 5 atom stereocenters. The molecule has 574 valence electrons. The van der Waals surface area contributed by atoms with Crippen molar-refractivity contribution in [1.82, 2.24) is 0 Å². The first-order valence-electron chi connectivity index (χ1n) is 38.8. The van der Waals surface area contributed by atoms with E-state index in [9.17, 15) is 43.2 Å². The van der Waals surface area contributed by atoms with Gasteiger partial charge in [0.25, 0.3) is 0 Å². The highest BCUT2D eigenvalue weighted by molar-refractivity contribution is 7.47. The van der Waals surface area contributed by atoms with Gasteiger partial charge in [-0.05, 0) is 116 Å². The van der Waals surface area contributed by atoms with Crippen LogP contribution in [0.2, 0.25) is 0 Å². The standard InChI is InChI=1S/C81H138O17P2/c1-5-9-13-17-21-25-29-32-34-36-37-39-41-44-47-50-54-58-62-66-78(83)91-71-76(97-80(85)67-63-59-55-51-45-28-24-20-16-12-8-4)73-95-99(87,88)93-69-75(82)70-94-100(89,90)96-74-77(98-81(86)68-64-60-56-52-48-42-31-27-23-19-15-11-7-3)72-92-79(84)65-61-57-53-49-46-43-40-38-35-33-30-26-22-18-14-10-6-2/h9-10,13-14,20-22,24-26,32-35,37,39,44,47,54,58,75-77,82H,5-8,11-12,15-19,23,27-31,36,38,40-43,45-46,48-53,55-57,59-74H2,1-4H3,(H,87,88)(H,89,90)/b13-9-,14-10-,24-20-,25-21-,26-22-,34-32-,35-33-,39-37-,47-44-,58-54-. The van der Waals surface area contributed by atoms with Crippen LogP contribution in [0.25, 0.3) is 0 Å². The summed E-state index contributed by atoms with van der Waals surface area (Å²) in [6, 6.07) is 0. The van der Waals surface area contributed by atoms with Crippen molar-refractivity contribution in [3.05, 3.63) is 122 Å². The Hall–Kier alpha value is -4.54. The Kier molecular flexibility index (Phi) is 69.5. The normalized spacial score (nSPS) is 14.6. The maximum atomic E-state index is 13.1. The minimum atomic E-state index is -4.99. The number of allylic oxidation sites excluding steroid dienone is 20. The van der Waals surface area contributed by atoms with E-state index in [1.54, 1.807) is 0 Å². The molecule has 0 heterocycles. The molecular formula is C81H138O17P2. The molecule has 0 amide bonds. The second-order valence-corrected chi connectivity index (χ2v) is 28.4. The lowest BCUT2D eigenvalue weighted by atomic mass is 10.0. The van der Waals surface area contributed by atoms with Crippen molar-refractivity contribution in [1.29, 1.82) is 0 Å². The fourth-order valence-electron chi connectivity index (χ4n) is 10.1. The van der Waals surface area contributed by atoms with Crippen molar-refractivity contribution in [3.8, 4) is 0 Å². The van der Waals surface area contributed by atoms with Gasteiger partial charge in [-0.15, -0.1) is 0 Å². The highest BCUT2D eigenvalue weighted by Crippen LogP contribution is 2.45. The van der Waals surface area contributed by atoms with Crippen molar-refractivity contribution < 1.29 is 80.2 Å². The largest absolute Gasteiger partial charge is 0.472 e. The molecule has 0 fully saturated rings. The molecule has 0 aromatic rings. The van der Waals surface area contributed by atoms with E-state index in [4.69, 9.17) is 37.0 Å². The highest BCUT2D eigenvalue weighted by atomic mass is 31.2. The Morgan fingerprint density at radius 2 is 0.550 bits per heavy atom. The van der Waals surface area contributed by atoms with Crippen molar-refractivity contribution >= 4 is 39.5 Å². The molecule has 0 aromatic heterocycles. The second kappa shape index (κ2) is 72.8. The number of aliphatic hydroxyl groups excluding tert-OH is 1. The third-order valence-electron chi connectivity index (χ3n) is 15.9. The van der Waals surface area contributed by atoms with Gasteiger partial charge >= 0.3 is 39.5 Å². The molecule has 0 saturated carbocycles. The molecule has 0 aromatic carbocycles. The van der Waals surface area contributed by atoms with E-state index in [1.165, 1.54) is 64.2 Å². The Balaban J connectivity index is 5.36. The van der Waals surface area contributed by atoms with Crippen molar-refractivity contribution in [3.63, 3.8) is 0 Å². The van der Waals surface area contributed by atoms with E-state index in [1.807, 2.05) is 18.2 Å². The van der Waals surface area contributed by atoms with E-state index in [0.29, 0.717) is 32.1 Å². The van der Waals surface area contributed by atoms with Crippen LogP contribution >= 0.6 is 15.6 Å². The minimum Gasteiger partial charge on any atom is -0.462 e. The monoisotopic (exact) mass is 1440 g/mol. The van der Waals surface area contributed by atoms with Gasteiger partial charge < -0.3 is 33.8 Å². The number of carbonyl (C=O) groups excluding carboxylic acids is 4. The van der Waals surface area contributed by atoms with E-state index >= 15 is 0 Å². The van der Waals surface area contributed by atoms with Crippen molar-refractivity contribution in [2.45, 2.75) is 329 Å². The number of rotatable bonds is 72. The SMILES string of the molecule is CC/C=C\C/C=C\C/C=C\C/C=C\C/C=C\C/C=C\CCC(=O)OCC(COP(=O)(O)OCC(O)COP(=O)(O)OCC(COC(=O)CCCCCCCCC/C=C\C/C=C\C/C=C\CC)OC(=O)CCCCCCCCCCCCCCC)OC(=O)CCCCCCC/C=C\CCCC. The lowest BCUT2D eigenvalue weighted by Crippen LogP contribution is -2.30. The lowest BCUT2D eigenvalue weighted by Gasteiger charge is -2.21. The van der Waals surface area contributed by atoms with Crippen molar-refractivity contribution in [2.75, 3.05) is 39.6 Å². The van der Waals surface area contributed by atoms with E-state index in [0.717, 1.165) is 161 Å². The van der Waals surface area contributed by atoms with Crippen LogP contribution in [0.1, 0.15) is 310 Å². The summed E-state index contributed by atoms with van der Waals surface area (Å²) in [5, 5.41) is 10.6. The van der Waals surface area contributed by atoms with Crippen LogP contribution in [0.3, 0.4) is 0 Å². The van der Waals surface area contributed by atoms with E-state index in [2.05, 4.69) is 131 Å². The third kappa shape index (κ3) is 71.8. The number of phosphoric acid groups is 2. The zero-order chi connectivity index (χ0) is 73.2. The third-order valence-corrected chi connectivity index (χ3v) is 17.8. The Labute approximate surface area is 606 Å². The minimum absolute atomic E-state index is 0.0333. The van der Waals surface area contributed by atoms with Crippen LogP contribution in [0, 0.1) is 0 Å². The van der Waals surface area contributed by atoms with Gasteiger partial charge in [0.05, 0.1) is 26.4 Å². The number of unbranched alkanes of at least 4 members (excludes halogenated alkanes) is 26. The molecule has 17 nitrogen and oxygen atoms in total. The van der Waals surface area contributed by atoms with Crippen LogP contribution in [0.4, 0.5) is 0 Å². The van der Waals surface area contributed by atoms with Crippen LogP contribution in [-0.2, 0) is 65.4 Å². The Morgan fingerprint density at radius 1 is 0.290 bits per heavy atom. The van der Waals surface area contributed by atoms with Gasteiger partial charge in [0.15, 0.2) is 12.2 Å². The maximum Gasteiger partial charge on any atom is 0.472 e. The summed E-state index contributed by atoms with van der Waals surface area (Å²) in [5.74, 6) is -2.29. The fraction of sp³-hybridized carbons (Fsp3) is 0.704. The summed E-state index contributed by atoms with van der Waals surface area (Å²) in [7, 11) is -9.97. The van der Waals surface area contributed by atoms with Gasteiger partial charge in [0.2, 0.25) is 0 Å². The zero-order valence-electron chi connectivity index (χ0n) is 62.6. The molecular weight excluding hydrogens is 1310 g/mol. The lowest BCUT2D eigenvalue weighted by molar-refractivity contribution is -0.161. The summed E-state index contributed by atoms with van der Waals surface area (Å²) >= 11 is 0. The molecule has 0 aliphatic heterocycles. The van der Waals surface area contributed by atoms with Crippen LogP contribution in [0.5, 0.6) is 0 Å². The number of hydrogen-bond acceptors (Lipinski definition) is 15. The first-order valence-corrected chi connectivity index (χ1v) is 41.8. The Bertz CT molecular complexity index is 2370. The van der Waals surface area contributed by atoms with Gasteiger partial charge in [-0.3, -0.25) is 37.3 Å². The van der Waals surface area contributed by atoms with Gasteiger partial charge in [-0.1, -0.05) is 290 Å². The molecule has 0 spiro atoms. The highest BCUT2D eigenvalue weighted by Gasteiger charge is 2.30. The van der Waals surface area contributed by atoms with Crippen LogP contribution < -0.4 is 0 Å². The molecule has 0 saturated heterocycles. The molecule has 0 aliphatic carbocycles. The smallest absolute Gasteiger partial charge is 0.462 e. The molecule has 0 rings (SSSR count). The Morgan fingerprint density at radius 3 is 0.900 bits per heavy atom. The number of esters is 4. The molecule has 19 heteroatoms. The predicted octanol–water partition coefficient (Wildman–Crippen LogP) is 22.3. The predicted molar refractivity (Wildman–Crippen MR) is 408 cm³/mol. The fourth-order valence-corrected chi connectivity index (χ4v) is 11.6. The zero-order valence-corrected chi connectivity index (χ0v) is 64.4. The second-order valence-electron chi connectivity index (χ2n) is 25.5. The molecule has 5 unspecified atom stereocenters. The molecule has 0 bridgehead atoms. The van der Waals surface area contributed by atoms with Gasteiger partial charge in [-0.25, -0.2) is 9.13 Å². The van der Waals surface area contributed by atoms with Gasteiger partial charge in [-0.2, -0.15) is 0 Å². The molecule has 100 heavy (non-hydrogen) atoms. The summed E-state index contributed by atoms with van der Waals surface area (Å²) in [6.07, 6.45) is 79.2. The van der Waals surface area contributed by atoms with E-state index < -0.39 is 97.5 Å². The number of hydrogen-bond donors (Lipinski definition) is 3. The van der Waals surface area contributed by atoms with Gasteiger partial charge in [0, 0.05) is 25.7 Å². The first kappa shape index (κ1) is 95.5. The van der Waals surface area contributed by atoms with E-state index in [-0.39, 0.29) is 25.7 Å². The molecule has 0 aliphatic rings. The number of carbonyl (C=O) groups is 4. The van der Waals surface area contributed by atoms with Crippen molar-refractivity contribution in [2.24, 2.45) is 0 Å². The quantitative estimate of drug-likeness (QED) is 0.0169. The summed E-state index contributed by atoms with van der Waals surface area (Å²) in [6.45, 7) is 4.52. The number of phosphoric ester groups is 2. The maximum absolute atomic E-state index is 13.1.